The molecular formula is C90H80Cl4F2N32O6S. The fraction of sp³-hybridized carbons (Fsp3) is 0.211. The largest absolute Gasteiger partial charge is 0.384 e. The van der Waals surface area contributed by atoms with Gasteiger partial charge in [-0.2, -0.15) is 15.8 Å². The van der Waals surface area contributed by atoms with Gasteiger partial charge in [-0.05, 0) is 164 Å². The molecule has 4 atom stereocenters. The Labute approximate surface area is 786 Å². The predicted molar refractivity (Wildman–Crippen MR) is 511 cm³/mol. The van der Waals surface area contributed by atoms with E-state index in [2.05, 4.69) is 91.0 Å². The number of nitrogens with zero attached hydrogens (tertiary/aromatic N) is 23. The molecule has 0 bridgehead atoms. The van der Waals surface area contributed by atoms with Crippen molar-refractivity contribution in [1.29, 1.82) is 15.8 Å². The van der Waals surface area contributed by atoms with Crippen molar-refractivity contribution in [1.82, 2.24) is 98.0 Å². The lowest BCUT2D eigenvalue weighted by Crippen LogP contribution is -2.30. The summed E-state index contributed by atoms with van der Waals surface area (Å²) in [6.45, 7) is 16.1. The summed E-state index contributed by atoms with van der Waals surface area (Å²) in [5.74, 6) is 3.22. The zero-order chi connectivity index (χ0) is 97.0. The second kappa shape index (κ2) is 39.6. The molecule has 0 unspecified atom stereocenters. The van der Waals surface area contributed by atoms with Gasteiger partial charge in [0.2, 0.25) is 0 Å². The Morgan fingerprint density at radius 3 is 1.48 bits per heavy atom. The van der Waals surface area contributed by atoms with E-state index in [1.165, 1.54) is 61.1 Å². The number of halogens is 6. The van der Waals surface area contributed by atoms with E-state index in [1.54, 1.807) is 120 Å². The third-order valence-corrected chi connectivity index (χ3v) is 23.9. The summed E-state index contributed by atoms with van der Waals surface area (Å²) in [7, 11) is -3.68. The van der Waals surface area contributed by atoms with E-state index in [9.17, 15) is 52.2 Å². The molecule has 17 rings (SSSR count). The quantitative estimate of drug-likeness (QED) is 0.0342. The highest BCUT2D eigenvalue weighted by Crippen LogP contribution is 2.44. The molecule has 0 saturated heterocycles. The van der Waals surface area contributed by atoms with Crippen LogP contribution in [0.4, 0.5) is 61.1 Å². The van der Waals surface area contributed by atoms with Gasteiger partial charge in [0, 0.05) is 24.7 Å². The Balaban J connectivity index is 0.000000144. The van der Waals surface area contributed by atoms with Crippen molar-refractivity contribution in [3.63, 3.8) is 0 Å². The average molecular weight is 1920 g/mol. The first kappa shape index (κ1) is 95.1. The molecule has 0 aliphatic heterocycles. The fourth-order valence-corrected chi connectivity index (χ4v) is 16.7. The molecule has 135 heavy (non-hydrogen) atoms. The minimum Gasteiger partial charge on any atom is -0.384 e. The molecule has 0 spiro atoms. The van der Waals surface area contributed by atoms with Gasteiger partial charge in [-0.1, -0.05) is 77.9 Å². The summed E-state index contributed by atoms with van der Waals surface area (Å²) >= 11 is 25.2. The smallest absolute Gasteiger partial charge is 0.267 e. The second-order valence-corrected chi connectivity index (χ2v) is 34.5. The van der Waals surface area contributed by atoms with Crippen LogP contribution in [0.1, 0.15) is 145 Å². The molecule has 0 amide bonds. The number of nitrogens with one attached hydrogen (secondary N) is 4. The highest BCUT2D eigenvalue weighted by atomic mass is 35.5. The van der Waals surface area contributed by atoms with Crippen LogP contribution in [0, 0.1) is 93.1 Å². The average Bonchev–Trinajstić information content (AvgIpc) is 1.74. The minimum absolute atomic E-state index is 0.0000366. The van der Waals surface area contributed by atoms with Crippen LogP contribution in [0.25, 0.3) is 66.4 Å². The van der Waals surface area contributed by atoms with Gasteiger partial charge >= 0.3 is 0 Å². The fourth-order valence-electron chi connectivity index (χ4n) is 14.9. The highest BCUT2D eigenvalue weighted by Gasteiger charge is 2.38. The lowest BCUT2D eigenvalue weighted by atomic mass is 10.1. The molecule has 12 heterocycles. The van der Waals surface area contributed by atoms with Crippen molar-refractivity contribution >= 4 is 152 Å². The zero-order valence-corrected chi connectivity index (χ0v) is 77.1. The molecule has 1 aliphatic rings. The third-order valence-electron chi connectivity index (χ3n) is 21.4. The number of hydrogen-bond donors (Lipinski definition) is 9. The van der Waals surface area contributed by atoms with Crippen LogP contribution in [-0.2, 0) is 9.84 Å². The van der Waals surface area contributed by atoms with Crippen LogP contribution in [0.5, 0.6) is 0 Å². The van der Waals surface area contributed by atoms with Crippen LogP contribution >= 0.6 is 46.4 Å². The number of nitriles is 3. The molecule has 684 valence electrons. The number of benzene rings is 4. The maximum atomic E-state index is 14.2. The second-order valence-electron chi connectivity index (χ2n) is 31.0. The molecule has 38 nitrogen and oxygen atoms in total. The molecule has 0 radical (unpaired) electrons. The highest BCUT2D eigenvalue weighted by molar-refractivity contribution is 7.91. The Kier molecular flexibility index (Phi) is 27.9. The topological polar surface area (TPSA) is 578 Å². The predicted octanol–water partition coefficient (Wildman–Crippen LogP) is 13.8. The summed E-state index contributed by atoms with van der Waals surface area (Å²) in [5, 5.41) is 42.4. The number of anilines is 9. The van der Waals surface area contributed by atoms with Crippen LogP contribution < -0.4 is 72.2 Å². The number of aromatic nitrogens is 20. The van der Waals surface area contributed by atoms with Crippen molar-refractivity contribution < 1.29 is 17.2 Å². The summed E-state index contributed by atoms with van der Waals surface area (Å²) < 4.78 is 58.5. The van der Waals surface area contributed by atoms with Gasteiger partial charge in [0.25, 0.3) is 22.2 Å². The number of aryl methyl sites for hydroxylation is 5. The number of hydrogen-bond acceptors (Lipinski definition) is 34. The zero-order valence-electron chi connectivity index (χ0n) is 73.3. The maximum absolute atomic E-state index is 14.2. The number of pyridine rings is 4. The Hall–Kier alpha value is -16.0. The Morgan fingerprint density at radius 1 is 0.474 bits per heavy atom. The lowest BCUT2D eigenvalue weighted by molar-refractivity contribution is 0.599. The van der Waals surface area contributed by atoms with Crippen LogP contribution in [0.2, 0.25) is 20.1 Å². The van der Waals surface area contributed by atoms with Gasteiger partial charge in [-0.25, -0.2) is 82.0 Å². The summed E-state index contributed by atoms with van der Waals surface area (Å²) in [4.78, 5) is 123. The Morgan fingerprint density at radius 2 is 0.941 bits per heavy atom. The third kappa shape index (κ3) is 19.8. The SMILES string of the molecule is CCC[C@H](Nc1nc(C)nc(N)c1C#N)c1nc2ccc(F)c(Cl)c2c(=O)n1-c1ccc(N)nc1.Cc1nc(N)c(C#N)c(N[C@@H](C)c2nc3cccc(Cl)c3c(=O)n2-c2cncc(C)c2C)n1.Cc1nc(N)c(C#N)c(N[C@H](c2nc3cccc(Cl)c3c(=O)n2-c2cncc(F)c2)C2CC2)n1.Cc1nc(N)c(Cl)c(N[C@@H](C)c2nc3cccc(S(C)(=O)=O)c3c(=O)n2-c2cccnc2)n1. The van der Waals surface area contributed by atoms with Gasteiger partial charge in [-0.15, -0.1) is 0 Å². The van der Waals surface area contributed by atoms with Crippen molar-refractivity contribution in [2.24, 2.45) is 5.92 Å². The molecule has 1 fully saturated rings. The van der Waals surface area contributed by atoms with E-state index in [4.69, 9.17) is 85.0 Å². The van der Waals surface area contributed by atoms with Gasteiger partial charge < -0.3 is 49.9 Å². The van der Waals surface area contributed by atoms with Crippen LogP contribution in [-0.4, -0.2) is 113 Å². The normalized spacial score (nSPS) is 12.6. The van der Waals surface area contributed by atoms with E-state index >= 15 is 0 Å². The van der Waals surface area contributed by atoms with Gasteiger partial charge in [0.1, 0.15) is 127 Å². The molecular weight excluding hydrogens is 1840 g/mol. The standard InChI is InChI=1S/C23H21ClFN9O.C23H18ClFN8O.C23H21ClN8O.C21H20ClN7O3S/c1-3-4-16(32-21-13(9-26)20(28)30-11(2)31-21)22-33-15-7-6-14(25)19(24)18(15)23(35)34(22)12-5-8-17(27)29-10-12;1-11-29-20(27)15(8-26)21(30-11)32-19(12-5-6-12)22-31-17-4-2-3-16(24)18(17)23(34)33(22)14-7-13(25)9-28-10-14;1-11-9-27-10-18(12(11)2)32-22(31-17-7-5-6-16(24)19(17)23(32)33)13(3)28-21-15(8-25)20(26)29-14(4)30-21;1-11(25-19-17(22)18(23)26-12(2)27-19)20-28-14-7-4-8-15(33(3,31)32)16(14)21(30)29(20)13-6-5-9-24-10-13/h5-8,10,16H,3-4H2,1-2H3,(H2,27,29)(H3,28,30,31,32);2-4,7,9-10,12,19H,5-6H2,1H3,(H3,27,29,30,32);5-7,9-10,13H,1-4H3,(H3,26,28,29,30);4-11H,1-3H3,(H3,23,25,26,27)/t16-;19-;13-;11-/m0000/s1. The van der Waals surface area contributed by atoms with E-state index in [1.807, 2.05) is 45.9 Å². The number of rotatable bonds is 20. The van der Waals surface area contributed by atoms with E-state index in [-0.39, 0.29) is 139 Å². The number of fused-ring (bicyclic) bond motifs is 4. The maximum Gasteiger partial charge on any atom is 0.267 e. The molecule has 4 aromatic carbocycles. The monoisotopic (exact) mass is 1910 g/mol. The summed E-state index contributed by atoms with van der Waals surface area (Å²) in [6, 6.07) is 28.7. The first-order valence-electron chi connectivity index (χ1n) is 41.1. The molecule has 1 aliphatic carbocycles. The minimum atomic E-state index is -3.68. The first-order valence-corrected chi connectivity index (χ1v) is 44.5. The van der Waals surface area contributed by atoms with Gasteiger partial charge in [0.15, 0.2) is 33.1 Å². The number of sulfone groups is 1. The van der Waals surface area contributed by atoms with Crippen molar-refractivity contribution in [2.75, 3.05) is 56.2 Å². The van der Waals surface area contributed by atoms with Gasteiger partial charge in [-0.3, -0.25) is 52.4 Å². The summed E-state index contributed by atoms with van der Waals surface area (Å²) in [5.41, 5.74) is 32.5. The molecule has 14 N–H and O–H groups in total. The van der Waals surface area contributed by atoms with Crippen molar-refractivity contribution in [2.45, 2.75) is 117 Å². The molecule has 45 heteroatoms. The summed E-state index contributed by atoms with van der Waals surface area (Å²) in [6.07, 6.45) is 14.2. The molecule has 1 saturated carbocycles. The Bertz CT molecular complexity index is 7980. The van der Waals surface area contributed by atoms with Crippen LogP contribution in [0.3, 0.4) is 0 Å². The molecule has 12 aromatic heterocycles. The lowest BCUT2D eigenvalue weighted by Gasteiger charge is -2.23. The number of nitrogen functional groups attached to an aromatic ring is 5. The first-order chi connectivity index (χ1) is 64.4. The molecule has 16 aromatic rings. The van der Waals surface area contributed by atoms with Crippen molar-refractivity contribution in [3.8, 4) is 41.0 Å². The van der Waals surface area contributed by atoms with E-state index in [0.29, 0.717) is 92.1 Å². The van der Waals surface area contributed by atoms with Crippen molar-refractivity contribution in [3.05, 3.63) is 288 Å². The van der Waals surface area contributed by atoms with Crippen LogP contribution in [0.15, 0.2) is 165 Å². The van der Waals surface area contributed by atoms with Gasteiger partial charge in [0.05, 0.1) is 141 Å². The number of nitrogens with two attached hydrogens (primary N) is 5. The van der Waals surface area contributed by atoms with E-state index in [0.717, 1.165) is 42.5 Å². The van der Waals surface area contributed by atoms with E-state index < -0.39 is 62.3 Å².